The fourth-order valence-electron chi connectivity index (χ4n) is 2.00. The normalized spacial score (nSPS) is 11.6. The lowest BCUT2D eigenvalue weighted by atomic mass is 9.98. The summed E-state index contributed by atoms with van der Waals surface area (Å²) in [5, 5.41) is 24.9. The van der Waals surface area contributed by atoms with Crippen LogP contribution in [0, 0.1) is 10.1 Å². The van der Waals surface area contributed by atoms with Gasteiger partial charge in [0.25, 0.3) is 5.69 Å². The second-order valence-corrected chi connectivity index (χ2v) is 5.07. The lowest BCUT2D eigenvalue weighted by molar-refractivity contribution is -0.384. The van der Waals surface area contributed by atoms with Crippen LogP contribution < -0.4 is 5.76 Å². The number of aliphatic hydroxyl groups is 1. The van der Waals surface area contributed by atoms with E-state index in [0.29, 0.717) is 18.4 Å². The summed E-state index contributed by atoms with van der Waals surface area (Å²) in [6, 6.07) is 5.53. The first-order chi connectivity index (χ1) is 10.4. The lowest BCUT2D eigenvalue weighted by Crippen LogP contribution is -2.36. The predicted molar refractivity (Wildman–Crippen MR) is 78.4 cm³/mol. The molecule has 0 saturated carbocycles. The van der Waals surface area contributed by atoms with Crippen molar-refractivity contribution in [2.24, 2.45) is 0 Å². The number of hydrogen-bond acceptors (Lipinski definition) is 6. The van der Waals surface area contributed by atoms with Crippen molar-refractivity contribution in [1.82, 2.24) is 9.78 Å². The number of nitro benzene ring substituents is 1. The quantitative estimate of drug-likeness (QED) is 0.645. The van der Waals surface area contributed by atoms with E-state index in [1.165, 1.54) is 24.3 Å². The van der Waals surface area contributed by atoms with Crippen LogP contribution in [0.4, 0.5) is 5.69 Å². The number of nitro groups is 1. The first kappa shape index (κ1) is 15.9. The molecule has 2 rings (SSSR count). The van der Waals surface area contributed by atoms with E-state index in [0.717, 1.165) is 4.68 Å². The lowest BCUT2D eigenvalue weighted by Gasteiger charge is -2.23. The highest BCUT2D eigenvalue weighted by atomic mass is 16.6. The molecule has 1 heterocycles. The molecule has 0 bridgehead atoms. The summed E-state index contributed by atoms with van der Waals surface area (Å²) in [6.45, 7) is 3.69. The Hall–Kier alpha value is -2.48. The van der Waals surface area contributed by atoms with Crippen molar-refractivity contribution in [2.45, 2.75) is 38.8 Å². The fraction of sp³-hybridized carbons (Fsp3) is 0.429. The number of hydrogen-bond donors (Lipinski definition) is 1. The number of aromatic nitrogens is 2. The Morgan fingerprint density at radius 3 is 2.41 bits per heavy atom. The van der Waals surface area contributed by atoms with E-state index in [1.54, 1.807) is 0 Å². The average Bonchev–Trinajstić information content (AvgIpc) is 2.88. The van der Waals surface area contributed by atoms with Gasteiger partial charge in [-0.15, -0.1) is 5.10 Å². The van der Waals surface area contributed by atoms with Crippen LogP contribution in [-0.4, -0.2) is 25.4 Å². The van der Waals surface area contributed by atoms with Gasteiger partial charge in [0.15, 0.2) is 0 Å². The minimum Gasteiger partial charge on any atom is -0.388 e. The van der Waals surface area contributed by atoms with Crippen LogP contribution in [0.15, 0.2) is 33.5 Å². The van der Waals surface area contributed by atoms with E-state index in [4.69, 9.17) is 4.42 Å². The molecule has 8 nitrogen and oxygen atoms in total. The van der Waals surface area contributed by atoms with E-state index in [2.05, 4.69) is 5.10 Å². The molecule has 0 radical (unpaired) electrons. The van der Waals surface area contributed by atoms with Crippen LogP contribution in [0.1, 0.15) is 26.7 Å². The molecule has 0 spiro atoms. The molecule has 1 aromatic carbocycles. The van der Waals surface area contributed by atoms with E-state index in [-0.39, 0.29) is 18.1 Å². The number of nitrogens with zero attached hydrogens (tertiary/aromatic N) is 3. The molecule has 0 unspecified atom stereocenters. The largest absolute Gasteiger partial charge is 0.437 e. The second-order valence-electron chi connectivity index (χ2n) is 5.07. The van der Waals surface area contributed by atoms with E-state index in [9.17, 15) is 20.0 Å². The van der Waals surface area contributed by atoms with Crippen LogP contribution in [0.5, 0.6) is 0 Å². The maximum atomic E-state index is 11.8. The first-order valence-electron chi connectivity index (χ1n) is 6.93. The molecular weight excluding hydrogens is 290 g/mol. The Labute approximate surface area is 126 Å². The molecule has 0 fully saturated rings. The highest BCUT2D eigenvalue weighted by Gasteiger charge is 2.25. The summed E-state index contributed by atoms with van der Waals surface area (Å²) in [5.41, 5.74) is -0.622. The highest BCUT2D eigenvalue weighted by molar-refractivity contribution is 5.55. The molecule has 0 aliphatic carbocycles. The van der Waals surface area contributed by atoms with Gasteiger partial charge in [-0.25, -0.2) is 4.79 Å². The molecule has 118 valence electrons. The average molecular weight is 307 g/mol. The van der Waals surface area contributed by atoms with Gasteiger partial charge in [0.1, 0.15) is 0 Å². The summed E-state index contributed by atoms with van der Waals surface area (Å²) in [4.78, 5) is 21.9. The molecule has 1 aromatic heterocycles. The van der Waals surface area contributed by atoms with Gasteiger partial charge in [0.05, 0.1) is 17.1 Å². The fourth-order valence-corrected chi connectivity index (χ4v) is 2.00. The van der Waals surface area contributed by atoms with Crippen LogP contribution in [0.25, 0.3) is 11.5 Å². The topological polar surface area (TPSA) is 111 Å². The van der Waals surface area contributed by atoms with Gasteiger partial charge in [-0.2, -0.15) is 4.68 Å². The van der Waals surface area contributed by atoms with Crippen molar-refractivity contribution in [3.8, 4) is 11.5 Å². The van der Waals surface area contributed by atoms with Gasteiger partial charge in [-0.05, 0) is 25.0 Å². The van der Waals surface area contributed by atoms with Crippen molar-refractivity contribution in [2.75, 3.05) is 0 Å². The third-order valence-electron chi connectivity index (χ3n) is 3.69. The predicted octanol–water partition coefficient (Wildman–Crippen LogP) is 1.96. The third-order valence-corrected chi connectivity index (χ3v) is 3.69. The molecule has 0 amide bonds. The van der Waals surface area contributed by atoms with E-state index in [1.807, 2.05) is 13.8 Å². The van der Waals surface area contributed by atoms with E-state index >= 15 is 0 Å². The standard InChI is InChI=1S/C14H17N3O5/c1-3-14(19,4-2)9-16-13(18)22-12(15-16)10-5-7-11(8-6-10)17(20)21/h5-8,19H,3-4,9H2,1-2H3. The van der Waals surface area contributed by atoms with Gasteiger partial charge in [0.2, 0.25) is 5.89 Å². The first-order valence-corrected chi connectivity index (χ1v) is 6.93. The Balaban J connectivity index is 2.29. The zero-order valence-corrected chi connectivity index (χ0v) is 12.4. The molecule has 0 aliphatic heterocycles. The summed E-state index contributed by atoms with van der Waals surface area (Å²) >= 11 is 0. The van der Waals surface area contributed by atoms with Crippen LogP contribution in [-0.2, 0) is 6.54 Å². The number of non-ortho nitro benzene ring substituents is 1. The third kappa shape index (κ3) is 3.22. The maximum Gasteiger partial charge on any atom is 0.437 e. The van der Waals surface area contributed by atoms with Crippen molar-refractivity contribution < 1.29 is 14.4 Å². The van der Waals surface area contributed by atoms with Gasteiger partial charge >= 0.3 is 5.76 Å². The smallest absolute Gasteiger partial charge is 0.388 e. The zero-order chi connectivity index (χ0) is 16.3. The van der Waals surface area contributed by atoms with Crippen LogP contribution in [0.2, 0.25) is 0 Å². The molecule has 0 saturated heterocycles. The molecule has 2 aromatic rings. The number of rotatable bonds is 6. The summed E-state index contributed by atoms with van der Waals surface area (Å²) in [7, 11) is 0. The summed E-state index contributed by atoms with van der Waals surface area (Å²) in [6.07, 6.45) is 0.964. The molecule has 1 N–H and O–H groups in total. The second kappa shape index (κ2) is 6.10. The van der Waals surface area contributed by atoms with E-state index < -0.39 is 16.3 Å². The number of benzene rings is 1. The van der Waals surface area contributed by atoms with Crippen LogP contribution in [0.3, 0.4) is 0 Å². The monoisotopic (exact) mass is 307 g/mol. The van der Waals surface area contributed by atoms with Crippen LogP contribution >= 0.6 is 0 Å². The van der Waals surface area contributed by atoms with Crippen molar-refractivity contribution >= 4 is 5.69 Å². The zero-order valence-electron chi connectivity index (χ0n) is 12.4. The van der Waals surface area contributed by atoms with Gasteiger partial charge in [-0.3, -0.25) is 10.1 Å². The Morgan fingerprint density at radius 1 is 1.32 bits per heavy atom. The molecule has 22 heavy (non-hydrogen) atoms. The molecule has 0 atom stereocenters. The SMILES string of the molecule is CCC(O)(CC)Cn1nc(-c2ccc([N+](=O)[O-])cc2)oc1=O. The summed E-state index contributed by atoms with van der Waals surface area (Å²) in [5.74, 6) is -0.608. The van der Waals surface area contributed by atoms with Crippen molar-refractivity contribution in [3.05, 3.63) is 44.9 Å². The molecule has 0 aliphatic rings. The molecular formula is C14H17N3O5. The molecule has 8 heteroatoms. The van der Waals surface area contributed by atoms with Crippen molar-refractivity contribution in [1.29, 1.82) is 0 Å². The van der Waals surface area contributed by atoms with Gasteiger partial charge in [-0.1, -0.05) is 13.8 Å². The Kier molecular flexibility index (Phi) is 4.41. The van der Waals surface area contributed by atoms with Crippen molar-refractivity contribution in [3.63, 3.8) is 0 Å². The Morgan fingerprint density at radius 2 is 1.91 bits per heavy atom. The highest BCUT2D eigenvalue weighted by Crippen LogP contribution is 2.21. The van der Waals surface area contributed by atoms with Gasteiger partial charge in [0, 0.05) is 17.7 Å². The minimum atomic E-state index is -1.02. The summed E-state index contributed by atoms with van der Waals surface area (Å²) < 4.78 is 6.12. The minimum absolute atomic E-state index is 0.0370. The maximum absolute atomic E-state index is 11.8. The Bertz CT molecular complexity index is 713. The van der Waals surface area contributed by atoms with Gasteiger partial charge < -0.3 is 9.52 Å².